The highest BCUT2D eigenvalue weighted by molar-refractivity contribution is 5.77. The zero-order valence-electron chi connectivity index (χ0n) is 13.1. The van der Waals surface area contributed by atoms with Crippen LogP contribution in [0.5, 0.6) is 0 Å². The lowest BCUT2D eigenvalue weighted by atomic mass is 9.85. The van der Waals surface area contributed by atoms with E-state index >= 15 is 0 Å². The molecule has 1 atom stereocenters. The van der Waals surface area contributed by atoms with Crippen molar-refractivity contribution < 1.29 is 4.79 Å². The topological polar surface area (TPSA) is 41.1 Å². The van der Waals surface area contributed by atoms with Crippen molar-refractivity contribution in [1.82, 2.24) is 10.6 Å². The lowest BCUT2D eigenvalue weighted by Gasteiger charge is -2.21. The second kappa shape index (κ2) is 7.99. The molecule has 1 unspecified atom stereocenters. The third-order valence-electron chi connectivity index (χ3n) is 4.11. The first kappa shape index (κ1) is 15.8. The number of benzene rings is 1. The van der Waals surface area contributed by atoms with Gasteiger partial charge in [-0.05, 0) is 30.4 Å². The number of carbonyl (C=O) groups excluding carboxylic acids is 1. The molecule has 0 spiro atoms. The predicted octanol–water partition coefficient (Wildman–Crippen LogP) is 2.85. The first-order valence-electron chi connectivity index (χ1n) is 7.87. The first-order chi connectivity index (χ1) is 10.2. The summed E-state index contributed by atoms with van der Waals surface area (Å²) in [4.78, 5) is 12.2. The number of nitrogens with one attached hydrogen (secondary N) is 2. The highest BCUT2D eigenvalue weighted by Crippen LogP contribution is 2.27. The molecule has 1 amide bonds. The van der Waals surface area contributed by atoms with Gasteiger partial charge in [0, 0.05) is 19.5 Å². The van der Waals surface area contributed by atoms with E-state index in [1.54, 1.807) is 0 Å². The van der Waals surface area contributed by atoms with Gasteiger partial charge in [-0.1, -0.05) is 55.8 Å². The van der Waals surface area contributed by atoms with Crippen LogP contribution in [0.4, 0.5) is 0 Å². The molecule has 1 aromatic rings. The fourth-order valence-electron chi connectivity index (χ4n) is 2.75. The Morgan fingerprint density at radius 3 is 2.67 bits per heavy atom. The molecule has 21 heavy (non-hydrogen) atoms. The zero-order valence-corrected chi connectivity index (χ0v) is 13.1. The van der Waals surface area contributed by atoms with E-state index in [0.29, 0.717) is 18.9 Å². The Morgan fingerprint density at radius 2 is 2.05 bits per heavy atom. The van der Waals surface area contributed by atoms with E-state index in [4.69, 9.17) is 0 Å². The lowest BCUT2D eigenvalue weighted by molar-refractivity contribution is -0.121. The minimum absolute atomic E-state index is 0.150. The summed E-state index contributed by atoms with van der Waals surface area (Å²) in [7, 11) is 0. The van der Waals surface area contributed by atoms with Gasteiger partial charge in [0.25, 0.3) is 0 Å². The van der Waals surface area contributed by atoms with Crippen LogP contribution in [0.2, 0.25) is 0 Å². The average Bonchev–Trinajstić information content (AvgIpc) is 2.52. The molecule has 0 saturated heterocycles. The van der Waals surface area contributed by atoms with Gasteiger partial charge in [-0.3, -0.25) is 4.79 Å². The molecule has 2 N–H and O–H groups in total. The summed E-state index contributed by atoms with van der Waals surface area (Å²) in [5.74, 6) is 0.890. The molecule has 0 aromatic heterocycles. The van der Waals surface area contributed by atoms with Crippen molar-refractivity contribution in [2.75, 3.05) is 19.6 Å². The first-order valence-corrected chi connectivity index (χ1v) is 7.87. The molecule has 1 aromatic carbocycles. The summed E-state index contributed by atoms with van der Waals surface area (Å²) in [6.45, 7) is 6.99. The van der Waals surface area contributed by atoms with Gasteiger partial charge in [-0.2, -0.15) is 0 Å². The van der Waals surface area contributed by atoms with Crippen LogP contribution < -0.4 is 10.6 Å². The maximum Gasteiger partial charge on any atom is 0.220 e. The maximum atomic E-state index is 12.2. The molecular weight excluding hydrogens is 260 g/mol. The van der Waals surface area contributed by atoms with E-state index in [9.17, 15) is 4.79 Å². The monoisotopic (exact) mass is 286 g/mol. The van der Waals surface area contributed by atoms with Crippen LogP contribution in [0.25, 0.3) is 0 Å². The van der Waals surface area contributed by atoms with Crippen molar-refractivity contribution >= 4 is 5.91 Å². The van der Waals surface area contributed by atoms with Gasteiger partial charge in [0.05, 0.1) is 0 Å². The van der Waals surface area contributed by atoms with Gasteiger partial charge in [0.15, 0.2) is 0 Å². The Morgan fingerprint density at radius 1 is 1.29 bits per heavy atom. The Bertz CT molecular complexity index is 479. The summed E-state index contributed by atoms with van der Waals surface area (Å²) < 4.78 is 0. The molecule has 2 rings (SSSR count). The molecule has 114 valence electrons. The van der Waals surface area contributed by atoms with Crippen molar-refractivity contribution in [3.8, 4) is 0 Å². The summed E-state index contributed by atoms with van der Waals surface area (Å²) in [6.07, 6.45) is 3.78. The predicted molar refractivity (Wildman–Crippen MR) is 87.2 cm³/mol. The van der Waals surface area contributed by atoms with E-state index < -0.39 is 0 Å². The number of rotatable bonds is 6. The molecule has 1 aliphatic rings. The molecule has 0 radical (unpaired) electrons. The van der Waals surface area contributed by atoms with Crippen molar-refractivity contribution in [1.29, 1.82) is 0 Å². The van der Waals surface area contributed by atoms with E-state index in [1.165, 1.54) is 11.1 Å². The number of hydrogen-bond acceptors (Lipinski definition) is 2. The smallest absolute Gasteiger partial charge is 0.220 e. The van der Waals surface area contributed by atoms with E-state index in [1.807, 2.05) is 18.2 Å². The highest BCUT2D eigenvalue weighted by atomic mass is 16.1. The molecule has 3 heteroatoms. The molecule has 3 nitrogen and oxygen atoms in total. The quantitative estimate of drug-likeness (QED) is 0.790. The second-order valence-corrected chi connectivity index (χ2v) is 6.06. The van der Waals surface area contributed by atoms with E-state index in [0.717, 1.165) is 19.5 Å². The average molecular weight is 286 g/mol. The number of hydrogen-bond donors (Lipinski definition) is 2. The van der Waals surface area contributed by atoms with Gasteiger partial charge in [-0.25, -0.2) is 0 Å². The Balaban J connectivity index is 1.88. The number of carbonyl (C=O) groups is 1. The van der Waals surface area contributed by atoms with E-state index in [-0.39, 0.29) is 11.8 Å². The van der Waals surface area contributed by atoms with Crippen LogP contribution in [0, 0.1) is 5.92 Å². The van der Waals surface area contributed by atoms with E-state index in [2.05, 4.69) is 42.7 Å². The molecule has 0 fully saturated rings. The molecule has 0 bridgehead atoms. The highest BCUT2D eigenvalue weighted by Gasteiger charge is 2.19. The fraction of sp³-hybridized carbons (Fsp3) is 0.500. The molecule has 0 saturated carbocycles. The third kappa shape index (κ3) is 5.01. The summed E-state index contributed by atoms with van der Waals surface area (Å²) in [5, 5.41) is 6.35. The normalized spacial score (nSPS) is 16.4. The van der Waals surface area contributed by atoms with Crippen molar-refractivity contribution in [2.45, 2.75) is 32.6 Å². The van der Waals surface area contributed by atoms with Crippen LogP contribution in [0.15, 0.2) is 42.0 Å². The largest absolute Gasteiger partial charge is 0.352 e. The fourth-order valence-corrected chi connectivity index (χ4v) is 2.75. The van der Waals surface area contributed by atoms with Crippen LogP contribution >= 0.6 is 0 Å². The lowest BCUT2D eigenvalue weighted by Crippen LogP contribution is -2.31. The molecule has 0 aliphatic carbocycles. The minimum Gasteiger partial charge on any atom is -0.352 e. The third-order valence-corrected chi connectivity index (χ3v) is 4.11. The zero-order chi connectivity index (χ0) is 15.1. The Labute approximate surface area is 127 Å². The van der Waals surface area contributed by atoms with Gasteiger partial charge >= 0.3 is 0 Å². The Kier molecular flexibility index (Phi) is 6.00. The van der Waals surface area contributed by atoms with Gasteiger partial charge < -0.3 is 10.6 Å². The van der Waals surface area contributed by atoms with Crippen LogP contribution in [0.1, 0.15) is 38.2 Å². The molecular formula is C18H26N2O. The van der Waals surface area contributed by atoms with Crippen LogP contribution in [-0.4, -0.2) is 25.5 Å². The number of amides is 1. The van der Waals surface area contributed by atoms with Gasteiger partial charge in [0.1, 0.15) is 0 Å². The van der Waals surface area contributed by atoms with Crippen LogP contribution in [0.3, 0.4) is 0 Å². The second-order valence-electron chi connectivity index (χ2n) is 6.06. The summed E-state index contributed by atoms with van der Waals surface area (Å²) >= 11 is 0. The van der Waals surface area contributed by atoms with Crippen molar-refractivity contribution in [2.24, 2.45) is 5.92 Å². The Hall–Kier alpha value is -1.61. The molecule has 1 heterocycles. The van der Waals surface area contributed by atoms with Gasteiger partial charge in [-0.15, -0.1) is 0 Å². The maximum absolute atomic E-state index is 12.2. The van der Waals surface area contributed by atoms with Gasteiger partial charge in [0.2, 0.25) is 5.91 Å². The minimum atomic E-state index is 0.150. The van der Waals surface area contributed by atoms with Crippen LogP contribution in [-0.2, 0) is 4.79 Å². The summed E-state index contributed by atoms with van der Waals surface area (Å²) in [5.41, 5.74) is 2.59. The standard InChI is InChI=1S/C18H26N2O/c1-14(2)17(16-6-4-3-5-7-16)12-18(21)20-13-15-8-10-19-11-9-15/h3-8,14,17,19H,9-13H2,1-2H3,(H,20,21). The van der Waals surface area contributed by atoms with Crippen molar-refractivity contribution in [3.63, 3.8) is 0 Å². The summed E-state index contributed by atoms with van der Waals surface area (Å²) in [6, 6.07) is 10.3. The van der Waals surface area contributed by atoms with Crippen molar-refractivity contribution in [3.05, 3.63) is 47.5 Å². The molecule has 1 aliphatic heterocycles. The SMILES string of the molecule is CC(C)C(CC(=O)NCC1=CCNCC1)c1ccccc1.